The third-order valence-corrected chi connectivity index (χ3v) is 6.00. The van der Waals surface area contributed by atoms with Crippen LogP contribution in [0.1, 0.15) is 47.5 Å². The molecule has 0 saturated heterocycles. The molecule has 1 aromatic heterocycles. The second kappa shape index (κ2) is 8.55. The highest BCUT2D eigenvalue weighted by atomic mass is 35.5. The first-order chi connectivity index (χ1) is 14.8. The first-order valence-corrected chi connectivity index (χ1v) is 10.7. The van der Waals surface area contributed by atoms with Crippen molar-refractivity contribution in [2.24, 2.45) is 0 Å². The number of nitrogens with zero attached hydrogens (tertiary/aromatic N) is 2. The molecular weight excluding hydrogens is 412 g/mol. The molecule has 7 heteroatoms. The summed E-state index contributed by atoms with van der Waals surface area (Å²) >= 11 is 5.99. The Hall–Kier alpha value is -3.12. The number of nitrogens with one attached hydrogen (secondary N) is 2. The molecule has 2 N–H and O–H groups in total. The molecular formula is C24H25ClN4O2. The Morgan fingerprint density at radius 2 is 1.94 bits per heavy atom. The van der Waals surface area contributed by atoms with Crippen molar-refractivity contribution in [3.8, 4) is 5.69 Å². The maximum atomic E-state index is 12.8. The predicted octanol–water partition coefficient (Wildman–Crippen LogP) is 4.45. The SMILES string of the molecule is Cc1nn(-c2ccc(Cl)cc2)c(C)c1CC(=O)NC(C)c1ccc2c(c1)CCC(=O)N2. The van der Waals surface area contributed by atoms with Crippen molar-refractivity contribution in [1.82, 2.24) is 15.1 Å². The van der Waals surface area contributed by atoms with Crippen LogP contribution < -0.4 is 10.6 Å². The summed E-state index contributed by atoms with van der Waals surface area (Å²) < 4.78 is 1.84. The third-order valence-electron chi connectivity index (χ3n) is 5.75. The molecule has 4 rings (SSSR count). The summed E-state index contributed by atoms with van der Waals surface area (Å²) in [6.45, 7) is 5.86. The minimum absolute atomic E-state index is 0.0477. The van der Waals surface area contributed by atoms with Gasteiger partial charge in [-0.25, -0.2) is 4.68 Å². The van der Waals surface area contributed by atoms with Crippen LogP contribution in [0.4, 0.5) is 5.69 Å². The zero-order chi connectivity index (χ0) is 22.1. The van der Waals surface area contributed by atoms with Gasteiger partial charge in [0.25, 0.3) is 0 Å². The highest BCUT2D eigenvalue weighted by molar-refractivity contribution is 6.30. The number of anilines is 1. The van der Waals surface area contributed by atoms with E-state index in [0.717, 1.165) is 45.9 Å². The lowest BCUT2D eigenvalue weighted by atomic mass is 9.97. The minimum Gasteiger partial charge on any atom is -0.349 e. The van der Waals surface area contributed by atoms with Gasteiger partial charge in [0.2, 0.25) is 11.8 Å². The molecule has 0 spiro atoms. The van der Waals surface area contributed by atoms with E-state index in [1.807, 2.05) is 61.9 Å². The Labute approximate surface area is 186 Å². The summed E-state index contributed by atoms with van der Waals surface area (Å²) in [6.07, 6.45) is 1.47. The van der Waals surface area contributed by atoms with Crippen LogP contribution in [-0.2, 0) is 22.4 Å². The van der Waals surface area contributed by atoms with E-state index < -0.39 is 0 Å². The number of aromatic nitrogens is 2. The number of fused-ring (bicyclic) bond motifs is 1. The molecule has 6 nitrogen and oxygen atoms in total. The number of amides is 2. The van der Waals surface area contributed by atoms with E-state index in [-0.39, 0.29) is 24.3 Å². The van der Waals surface area contributed by atoms with E-state index in [9.17, 15) is 9.59 Å². The van der Waals surface area contributed by atoms with Crippen molar-refractivity contribution in [3.05, 3.63) is 75.6 Å². The number of carbonyl (C=O) groups is 2. The minimum atomic E-state index is -0.137. The molecule has 0 fully saturated rings. The fourth-order valence-corrected chi connectivity index (χ4v) is 4.10. The second-order valence-electron chi connectivity index (χ2n) is 7.97. The van der Waals surface area contributed by atoms with Gasteiger partial charge in [0, 0.05) is 28.4 Å². The molecule has 2 aromatic carbocycles. The Balaban J connectivity index is 1.46. The van der Waals surface area contributed by atoms with Gasteiger partial charge < -0.3 is 10.6 Å². The highest BCUT2D eigenvalue weighted by Crippen LogP contribution is 2.26. The molecule has 2 heterocycles. The first kappa shape index (κ1) is 21.1. The van der Waals surface area contributed by atoms with E-state index in [4.69, 9.17) is 11.6 Å². The van der Waals surface area contributed by atoms with Gasteiger partial charge >= 0.3 is 0 Å². The lowest BCUT2D eigenvalue weighted by Gasteiger charge is -2.20. The molecule has 0 bridgehead atoms. The summed E-state index contributed by atoms with van der Waals surface area (Å²) in [5.74, 6) is -0.00753. The van der Waals surface area contributed by atoms with Gasteiger partial charge in [-0.15, -0.1) is 0 Å². The van der Waals surface area contributed by atoms with E-state index in [2.05, 4.69) is 21.8 Å². The molecule has 2 amide bonds. The fourth-order valence-electron chi connectivity index (χ4n) is 3.97. The van der Waals surface area contributed by atoms with Crippen LogP contribution >= 0.6 is 11.6 Å². The number of hydrogen-bond acceptors (Lipinski definition) is 3. The number of rotatable bonds is 5. The van der Waals surface area contributed by atoms with Crippen molar-refractivity contribution < 1.29 is 9.59 Å². The van der Waals surface area contributed by atoms with Gasteiger partial charge in [-0.3, -0.25) is 9.59 Å². The molecule has 0 saturated carbocycles. The smallest absolute Gasteiger partial charge is 0.225 e. The van der Waals surface area contributed by atoms with Crippen molar-refractivity contribution >= 4 is 29.1 Å². The van der Waals surface area contributed by atoms with Gasteiger partial charge in [0.05, 0.1) is 23.8 Å². The number of benzene rings is 2. The summed E-state index contributed by atoms with van der Waals surface area (Å²) in [5.41, 5.74) is 6.59. The Kier molecular flexibility index (Phi) is 5.83. The maximum absolute atomic E-state index is 12.8. The van der Waals surface area contributed by atoms with Crippen LogP contribution in [-0.4, -0.2) is 21.6 Å². The van der Waals surface area contributed by atoms with Crippen LogP contribution in [0.3, 0.4) is 0 Å². The Bertz CT molecular complexity index is 1150. The lowest BCUT2D eigenvalue weighted by molar-refractivity contribution is -0.121. The van der Waals surface area contributed by atoms with Gasteiger partial charge in [-0.05, 0) is 68.7 Å². The zero-order valence-corrected chi connectivity index (χ0v) is 18.6. The number of halogens is 1. The van der Waals surface area contributed by atoms with E-state index >= 15 is 0 Å². The van der Waals surface area contributed by atoms with Crippen molar-refractivity contribution in [3.63, 3.8) is 0 Å². The molecule has 160 valence electrons. The predicted molar refractivity (Wildman–Crippen MR) is 122 cm³/mol. The van der Waals surface area contributed by atoms with Crippen LogP contribution in [0.5, 0.6) is 0 Å². The van der Waals surface area contributed by atoms with Gasteiger partial charge in [0.1, 0.15) is 0 Å². The molecule has 1 aliphatic heterocycles. The highest BCUT2D eigenvalue weighted by Gasteiger charge is 2.19. The average Bonchev–Trinajstić information content (AvgIpc) is 3.02. The molecule has 3 aromatic rings. The lowest BCUT2D eigenvalue weighted by Crippen LogP contribution is -2.28. The van der Waals surface area contributed by atoms with E-state index in [1.54, 1.807) is 0 Å². The Morgan fingerprint density at radius 3 is 2.68 bits per heavy atom. The molecule has 31 heavy (non-hydrogen) atoms. The topological polar surface area (TPSA) is 76.0 Å². The molecule has 0 radical (unpaired) electrons. The molecule has 1 atom stereocenters. The van der Waals surface area contributed by atoms with Gasteiger partial charge in [-0.2, -0.15) is 5.10 Å². The summed E-state index contributed by atoms with van der Waals surface area (Å²) in [4.78, 5) is 24.3. The fraction of sp³-hybridized carbons (Fsp3) is 0.292. The van der Waals surface area contributed by atoms with Crippen molar-refractivity contribution in [2.45, 2.75) is 46.1 Å². The monoisotopic (exact) mass is 436 g/mol. The number of carbonyl (C=O) groups excluding carboxylic acids is 2. The van der Waals surface area contributed by atoms with E-state index in [1.165, 1.54) is 0 Å². The Morgan fingerprint density at radius 1 is 1.19 bits per heavy atom. The normalized spacial score (nSPS) is 14.0. The molecule has 0 aliphatic carbocycles. The largest absolute Gasteiger partial charge is 0.349 e. The summed E-state index contributed by atoms with van der Waals surface area (Å²) in [6, 6.07) is 13.3. The van der Waals surface area contributed by atoms with Crippen LogP contribution in [0.2, 0.25) is 5.02 Å². The van der Waals surface area contributed by atoms with Crippen molar-refractivity contribution in [2.75, 3.05) is 5.32 Å². The molecule has 1 unspecified atom stereocenters. The van der Waals surface area contributed by atoms with Gasteiger partial charge in [0.15, 0.2) is 0 Å². The standard InChI is InChI=1S/C24H25ClN4O2/c1-14(17-4-10-22-18(12-17)5-11-23(30)27-22)26-24(31)13-21-15(2)28-29(16(21)3)20-8-6-19(25)7-9-20/h4,6-10,12,14H,5,11,13H2,1-3H3,(H,26,31)(H,27,30). The average molecular weight is 437 g/mol. The zero-order valence-electron chi connectivity index (χ0n) is 17.8. The third kappa shape index (κ3) is 4.49. The quantitative estimate of drug-likeness (QED) is 0.620. The maximum Gasteiger partial charge on any atom is 0.225 e. The molecule has 1 aliphatic rings. The number of aryl methyl sites for hydroxylation is 2. The van der Waals surface area contributed by atoms with E-state index in [0.29, 0.717) is 11.4 Å². The van der Waals surface area contributed by atoms with Crippen LogP contribution in [0.25, 0.3) is 5.69 Å². The second-order valence-corrected chi connectivity index (χ2v) is 8.40. The van der Waals surface area contributed by atoms with Gasteiger partial charge in [-0.1, -0.05) is 23.7 Å². The first-order valence-electron chi connectivity index (χ1n) is 10.3. The van der Waals surface area contributed by atoms with Crippen molar-refractivity contribution in [1.29, 1.82) is 0 Å². The summed E-state index contributed by atoms with van der Waals surface area (Å²) in [7, 11) is 0. The van der Waals surface area contributed by atoms with Crippen LogP contribution in [0, 0.1) is 13.8 Å². The summed E-state index contributed by atoms with van der Waals surface area (Å²) in [5, 5.41) is 11.3. The number of hydrogen-bond donors (Lipinski definition) is 2. The van der Waals surface area contributed by atoms with Crippen LogP contribution in [0.15, 0.2) is 42.5 Å².